The number of aromatic nitrogens is 4. The number of carbonyl (C=O) groups excluding carboxylic acids is 1. The van der Waals surface area contributed by atoms with E-state index in [1.807, 2.05) is 6.92 Å². The number of fused-ring (bicyclic) bond motifs is 3. The van der Waals surface area contributed by atoms with Gasteiger partial charge in [0.05, 0.1) is 54.8 Å². The number of hydrogen-bond acceptors (Lipinski definition) is 6. The molecule has 0 saturated carbocycles. The SMILES string of the molecule is [C-]#[N+]c1ccc(CN(Cc2ncccc2F)C(=O)c2cc3nc(N)c4c(c3[nH]2)CO[C@@H]4C)nc1. The van der Waals surface area contributed by atoms with Gasteiger partial charge >= 0.3 is 0 Å². The fraction of sp³-hybridized carbons (Fsp3) is 0.208. The first-order chi connectivity index (χ1) is 16.4. The number of carbonyl (C=O) groups is 1. The summed E-state index contributed by atoms with van der Waals surface area (Å²) in [6.07, 6.45) is 2.73. The summed E-state index contributed by atoms with van der Waals surface area (Å²) < 4.78 is 20.1. The smallest absolute Gasteiger partial charge is 0.271 e. The highest BCUT2D eigenvalue weighted by molar-refractivity contribution is 5.98. The molecule has 0 aliphatic carbocycles. The normalized spacial score (nSPS) is 14.7. The molecule has 10 heteroatoms. The van der Waals surface area contributed by atoms with E-state index in [4.69, 9.17) is 17.0 Å². The second-order valence-corrected chi connectivity index (χ2v) is 8.00. The minimum atomic E-state index is -0.508. The molecule has 0 radical (unpaired) electrons. The minimum absolute atomic E-state index is 0.0685. The summed E-state index contributed by atoms with van der Waals surface area (Å²) in [5.74, 6) is -0.507. The number of halogens is 1. The van der Waals surface area contributed by atoms with Crippen molar-refractivity contribution in [3.8, 4) is 0 Å². The van der Waals surface area contributed by atoms with Crippen LogP contribution in [-0.2, 0) is 24.4 Å². The molecule has 3 N–H and O–H groups in total. The van der Waals surface area contributed by atoms with Crippen molar-refractivity contribution in [2.24, 2.45) is 0 Å². The molecule has 0 aromatic carbocycles. The quantitative estimate of drug-likeness (QED) is 0.437. The Labute approximate surface area is 194 Å². The van der Waals surface area contributed by atoms with E-state index in [0.29, 0.717) is 34.8 Å². The van der Waals surface area contributed by atoms with Crippen LogP contribution in [-0.4, -0.2) is 30.7 Å². The zero-order valence-electron chi connectivity index (χ0n) is 18.2. The molecular formula is C24H20FN7O2. The minimum Gasteiger partial charge on any atom is -0.383 e. The number of nitrogens with zero attached hydrogens (tertiary/aromatic N) is 5. The number of pyridine rings is 3. The summed E-state index contributed by atoms with van der Waals surface area (Å²) in [5, 5.41) is 0. The summed E-state index contributed by atoms with van der Waals surface area (Å²) in [4.78, 5) is 34.3. The molecule has 1 amide bonds. The van der Waals surface area contributed by atoms with E-state index in [1.165, 1.54) is 29.4 Å². The Morgan fingerprint density at radius 1 is 1.35 bits per heavy atom. The van der Waals surface area contributed by atoms with Gasteiger partial charge in [0.25, 0.3) is 5.91 Å². The van der Waals surface area contributed by atoms with Crippen molar-refractivity contribution < 1.29 is 13.9 Å². The summed E-state index contributed by atoms with van der Waals surface area (Å²) in [6.45, 7) is 9.38. The molecule has 4 aromatic heterocycles. The first kappa shape index (κ1) is 21.5. The molecule has 0 spiro atoms. The summed E-state index contributed by atoms with van der Waals surface area (Å²) in [5.41, 5.74) is 10.5. The monoisotopic (exact) mass is 457 g/mol. The number of amides is 1. The Morgan fingerprint density at radius 3 is 2.94 bits per heavy atom. The predicted molar refractivity (Wildman–Crippen MR) is 122 cm³/mol. The van der Waals surface area contributed by atoms with Crippen LogP contribution in [0.15, 0.2) is 42.7 Å². The fourth-order valence-corrected chi connectivity index (χ4v) is 4.11. The topological polar surface area (TPSA) is 114 Å². The highest BCUT2D eigenvalue weighted by Crippen LogP contribution is 2.38. The lowest BCUT2D eigenvalue weighted by Crippen LogP contribution is -2.31. The van der Waals surface area contributed by atoms with Gasteiger partial charge < -0.3 is 20.4 Å². The van der Waals surface area contributed by atoms with Crippen molar-refractivity contribution in [3.05, 3.63) is 88.2 Å². The Bertz CT molecular complexity index is 1440. The van der Waals surface area contributed by atoms with Crippen LogP contribution < -0.4 is 5.73 Å². The van der Waals surface area contributed by atoms with Crippen LogP contribution in [0.2, 0.25) is 0 Å². The van der Waals surface area contributed by atoms with Gasteiger partial charge in [-0.05, 0) is 31.2 Å². The van der Waals surface area contributed by atoms with Gasteiger partial charge in [-0.1, -0.05) is 6.07 Å². The highest BCUT2D eigenvalue weighted by atomic mass is 19.1. The maximum Gasteiger partial charge on any atom is 0.271 e. The van der Waals surface area contributed by atoms with Crippen molar-refractivity contribution in [2.45, 2.75) is 32.7 Å². The molecular weight excluding hydrogens is 437 g/mol. The van der Waals surface area contributed by atoms with Gasteiger partial charge in [-0.25, -0.2) is 14.2 Å². The Morgan fingerprint density at radius 2 is 2.21 bits per heavy atom. The van der Waals surface area contributed by atoms with Crippen molar-refractivity contribution >= 4 is 28.4 Å². The lowest BCUT2D eigenvalue weighted by atomic mass is 10.1. The Balaban J connectivity index is 1.52. The van der Waals surface area contributed by atoms with Crippen LogP contribution in [0.25, 0.3) is 15.9 Å². The first-order valence-corrected chi connectivity index (χ1v) is 10.6. The number of anilines is 1. The number of nitrogens with two attached hydrogens (primary N) is 1. The molecule has 34 heavy (non-hydrogen) atoms. The first-order valence-electron chi connectivity index (χ1n) is 10.6. The third-order valence-electron chi connectivity index (χ3n) is 5.81. The van der Waals surface area contributed by atoms with E-state index in [9.17, 15) is 9.18 Å². The van der Waals surface area contributed by atoms with E-state index in [1.54, 1.807) is 18.2 Å². The Hall–Kier alpha value is -4.36. The molecule has 5 heterocycles. The molecule has 5 rings (SSSR count). The van der Waals surface area contributed by atoms with Gasteiger partial charge in [-0.3, -0.25) is 14.8 Å². The average molecular weight is 457 g/mol. The standard InChI is InChI=1S/C24H20FN7O2/c1-13-21-16(12-34-13)22-18(31-23(21)26)8-19(30-22)24(33)32(11-20-17(25)4-3-7-28-20)10-15-6-5-14(27-2)9-29-15/h3-9,13,30H,10-12H2,1H3,(H2,26,31)/t13-/m1/s1. The van der Waals surface area contributed by atoms with E-state index in [2.05, 4.69) is 24.8 Å². The van der Waals surface area contributed by atoms with Gasteiger partial charge in [0.1, 0.15) is 17.3 Å². The van der Waals surface area contributed by atoms with Crippen LogP contribution in [0, 0.1) is 12.4 Å². The number of hydrogen-bond donors (Lipinski definition) is 2. The second kappa shape index (κ2) is 8.53. The molecule has 1 aliphatic rings. The lowest BCUT2D eigenvalue weighted by molar-refractivity contribution is 0.0718. The van der Waals surface area contributed by atoms with Crippen molar-refractivity contribution in [2.75, 3.05) is 5.73 Å². The maximum atomic E-state index is 14.4. The fourth-order valence-electron chi connectivity index (χ4n) is 4.11. The van der Waals surface area contributed by atoms with Gasteiger partial charge in [0.2, 0.25) is 5.69 Å². The highest BCUT2D eigenvalue weighted by Gasteiger charge is 2.28. The molecule has 0 fully saturated rings. The Kier molecular flexibility index (Phi) is 5.39. The summed E-state index contributed by atoms with van der Waals surface area (Å²) in [6, 6.07) is 7.72. The van der Waals surface area contributed by atoms with E-state index in [0.717, 1.165) is 11.1 Å². The van der Waals surface area contributed by atoms with Crippen molar-refractivity contribution in [3.63, 3.8) is 0 Å². The van der Waals surface area contributed by atoms with Crippen LogP contribution in [0.3, 0.4) is 0 Å². The van der Waals surface area contributed by atoms with Gasteiger partial charge in [0, 0.05) is 23.5 Å². The molecule has 9 nitrogen and oxygen atoms in total. The molecule has 4 aromatic rings. The molecule has 0 saturated heterocycles. The van der Waals surface area contributed by atoms with Crippen molar-refractivity contribution in [1.82, 2.24) is 24.8 Å². The summed E-state index contributed by atoms with van der Waals surface area (Å²) >= 11 is 0. The van der Waals surface area contributed by atoms with Gasteiger partial charge in [0.15, 0.2) is 0 Å². The van der Waals surface area contributed by atoms with Crippen LogP contribution >= 0.6 is 0 Å². The molecule has 1 atom stereocenters. The largest absolute Gasteiger partial charge is 0.383 e. The van der Waals surface area contributed by atoms with Crippen LogP contribution in [0.1, 0.15) is 46.0 Å². The number of nitrogens with one attached hydrogen (secondary N) is 1. The third kappa shape index (κ3) is 3.82. The second-order valence-electron chi connectivity index (χ2n) is 8.00. The van der Waals surface area contributed by atoms with E-state index < -0.39 is 5.82 Å². The predicted octanol–water partition coefficient (Wildman–Crippen LogP) is 4.06. The maximum absolute atomic E-state index is 14.4. The van der Waals surface area contributed by atoms with E-state index in [-0.39, 0.29) is 36.5 Å². The van der Waals surface area contributed by atoms with Crippen LogP contribution in [0.4, 0.5) is 15.9 Å². The molecule has 0 bridgehead atoms. The van der Waals surface area contributed by atoms with Crippen LogP contribution in [0.5, 0.6) is 0 Å². The molecule has 170 valence electrons. The number of H-pyrrole nitrogens is 1. The number of ether oxygens (including phenoxy) is 1. The summed E-state index contributed by atoms with van der Waals surface area (Å²) in [7, 11) is 0. The van der Waals surface area contributed by atoms with Crippen molar-refractivity contribution in [1.29, 1.82) is 0 Å². The molecule has 0 unspecified atom stereocenters. The van der Waals surface area contributed by atoms with E-state index >= 15 is 0 Å². The van der Waals surface area contributed by atoms with Gasteiger partial charge in [-0.2, -0.15) is 0 Å². The van der Waals surface area contributed by atoms with Gasteiger partial charge in [-0.15, -0.1) is 0 Å². The number of rotatable bonds is 5. The average Bonchev–Trinajstić information content (AvgIpc) is 3.44. The molecule has 1 aliphatic heterocycles. The lowest BCUT2D eigenvalue weighted by Gasteiger charge is -2.22. The zero-order valence-corrected chi connectivity index (χ0v) is 18.2. The number of nitrogen functional groups attached to an aromatic ring is 1. The zero-order chi connectivity index (χ0) is 23.8. The third-order valence-corrected chi connectivity index (χ3v) is 5.81. The number of aromatic amines is 1.